The van der Waals surface area contributed by atoms with E-state index in [9.17, 15) is 14.9 Å². The van der Waals surface area contributed by atoms with Crippen molar-refractivity contribution in [1.82, 2.24) is 24.3 Å². The first-order valence-corrected chi connectivity index (χ1v) is 16.6. The number of nitriles is 1. The molecule has 0 radical (unpaired) electrons. The second-order valence-corrected chi connectivity index (χ2v) is 13.8. The third kappa shape index (κ3) is 6.79. The average Bonchev–Trinajstić information content (AvgIpc) is 3.34. The van der Waals surface area contributed by atoms with Crippen LogP contribution in [0.5, 0.6) is 0 Å². The summed E-state index contributed by atoms with van der Waals surface area (Å²) in [4.78, 5) is 29.4. The number of carbonyl (C=O) groups is 2. The molecule has 3 aliphatic heterocycles. The summed E-state index contributed by atoms with van der Waals surface area (Å²) in [5.74, 6) is 1.27. The molecule has 1 aromatic heterocycles. The standard InChI is InChI=1S/C33H42N8O2S/c1-22(17-26-18-28(5-3-25(26)20-34)44-40-14-9-27(35)10-15-40)21-39-12-7-23(8-13-39)24-4-6-29-30(19-24)38(2)37-32(29)41-16-11-31(42)36-33(41)43/h3-6,18-19,22-23,27H,7-17,21,35H2,1-2H3,(H,36,42,43). The van der Waals surface area contributed by atoms with E-state index in [1.54, 1.807) is 16.8 Å². The topological polar surface area (TPSA) is 124 Å². The zero-order chi connectivity index (χ0) is 30.8. The zero-order valence-corrected chi connectivity index (χ0v) is 26.5. The van der Waals surface area contributed by atoms with Crippen molar-refractivity contribution < 1.29 is 9.59 Å². The molecule has 0 aliphatic carbocycles. The number of benzene rings is 2. The number of piperidine rings is 2. The number of carbonyl (C=O) groups excluding carboxylic acids is 2. The van der Waals surface area contributed by atoms with Crippen LogP contribution < -0.4 is 16.0 Å². The molecule has 0 saturated carbocycles. The maximum Gasteiger partial charge on any atom is 0.329 e. The molecule has 2 aromatic carbocycles. The van der Waals surface area contributed by atoms with Crippen LogP contribution in [0, 0.1) is 17.2 Å². The van der Waals surface area contributed by atoms with Crippen molar-refractivity contribution in [2.75, 3.05) is 44.2 Å². The quantitative estimate of drug-likeness (QED) is 0.359. The molecule has 3 saturated heterocycles. The van der Waals surface area contributed by atoms with E-state index in [1.807, 2.05) is 17.8 Å². The number of nitrogens with zero attached hydrogens (tertiary/aromatic N) is 6. The molecule has 11 heteroatoms. The SMILES string of the molecule is CC(Cc1cc(SN2CCC(N)CC2)ccc1C#N)CN1CCC(c2ccc3c(N4CCC(=O)NC4=O)nn(C)c3c2)CC1. The molecule has 0 bridgehead atoms. The van der Waals surface area contributed by atoms with Gasteiger partial charge in [-0.1, -0.05) is 13.0 Å². The van der Waals surface area contributed by atoms with E-state index in [1.165, 1.54) is 10.5 Å². The minimum Gasteiger partial charge on any atom is -0.328 e. The lowest BCUT2D eigenvalue weighted by Gasteiger charge is -2.34. The summed E-state index contributed by atoms with van der Waals surface area (Å²) in [6.45, 7) is 7.75. The average molecular weight is 615 g/mol. The molecule has 3 aromatic rings. The van der Waals surface area contributed by atoms with Gasteiger partial charge in [-0.15, -0.1) is 0 Å². The van der Waals surface area contributed by atoms with Gasteiger partial charge in [0.2, 0.25) is 5.91 Å². The number of nitrogens with two attached hydrogens (primary N) is 1. The molecule has 1 unspecified atom stereocenters. The summed E-state index contributed by atoms with van der Waals surface area (Å²) < 4.78 is 4.23. The zero-order valence-electron chi connectivity index (χ0n) is 25.7. The Morgan fingerprint density at radius 3 is 2.57 bits per heavy atom. The van der Waals surface area contributed by atoms with E-state index >= 15 is 0 Å². The van der Waals surface area contributed by atoms with Crippen LogP contribution in [0.15, 0.2) is 41.3 Å². The number of imide groups is 1. The Kier molecular flexibility index (Phi) is 9.23. The Hall–Kier alpha value is -3.43. The van der Waals surface area contributed by atoms with Crippen molar-refractivity contribution >= 4 is 40.6 Å². The number of urea groups is 1. The molecule has 3 aliphatic rings. The van der Waals surface area contributed by atoms with E-state index in [-0.39, 0.29) is 12.3 Å². The maximum atomic E-state index is 12.4. The number of hydrogen-bond acceptors (Lipinski definition) is 8. The Bertz CT molecular complexity index is 1570. The van der Waals surface area contributed by atoms with Crippen LogP contribution in [-0.2, 0) is 18.3 Å². The van der Waals surface area contributed by atoms with E-state index in [0.29, 0.717) is 30.2 Å². The minimum atomic E-state index is -0.412. The number of amides is 3. The highest BCUT2D eigenvalue weighted by atomic mass is 32.2. The first-order chi connectivity index (χ1) is 21.3. The summed E-state index contributed by atoms with van der Waals surface area (Å²) in [6.07, 6.45) is 5.42. The van der Waals surface area contributed by atoms with Crippen LogP contribution in [-0.4, -0.2) is 76.2 Å². The molecule has 1 atom stereocenters. The monoisotopic (exact) mass is 614 g/mol. The number of anilines is 1. The van der Waals surface area contributed by atoms with Crippen LogP contribution in [0.2, 0.25) is 0 Å². The van der Waals surface area contributed by atoms with Gasteiger partial charge >= 0.3 is 6.03 Å². The molecule has 44 heavy (non-hydrogen) atoms. The van der Waals surface area contributed by atoms with Gasteiger partial charge in [0.05, 0.1) is 17.1 Å². The van der Waals surface area contributed by atoms with Gasteiger partial charge < -0.3 is 10.6 Å². The maximum absolute atomic E-state index is 12.4. The highest BCUT2D eigenvalue weighted by Gasteiger charge is 2.29. The molecule has 6 rings (SSSR count). The second kappa shape index (κ2) is 13.3. The Morgan fingerprint density at radius 2 is 1.84 bits per heavy atom. The molecule has 4 heterocycles. The fourth-order valence-electron chi connectivity index (χ4n) is 6.83. The molecule has 232 valence electrons. The molecule has 10 nitrogen and oxygen atoms in total. The van der Waals surface area contributed by atoms with Crippen LogP contribution in [0.1, 0.15) is 61.6 Å². The lowest BCUT2D eigenvalue weighted by atomic mass is 9.88. The summed E-state index contributed by atoms with van der Waals surface area (Å²) in [5, 5.41) is 17.7. The van der Waals surface area contributed by atoms with Gasteiger partial charge in [0.1, 0.15) is 0 Å². The molecule has 3 N–H and O–H groups in total. The van der Waals surface area contributed by atoms with Crippen LogP contribution >= 0.6 is 11.9 Å². The van der Waals surface area contributed by atoms with E-state index < -0.39 is 6.03 Å². The third-order valence-corrected chi connectivity index (χ3v) is 10.4. The molecule has 3 fully saturated rings. The summed E-state index contributed by atoms with van der Waals surface area (Å²) in [7, 11) is 1.90. The highest BCUT2D eigenvalue weighted by Crippen LogP contribution is 2.34. The first kappa shape index (κ1) is 30.6. The van der Waals surface area contributed by atoms with Gasteiger partial charge in [-0.3, -0.25) is 19.7 Å². The number of rotatable bonds is 8. The van der Waals surface area contributed by atoms with Crippen molar-refractivity contribution in [1.29, 1.82) is 5.26 Å². The number of nitrogens with one attached hydrogen (secondary N) is 1. The van der Waals surface area contributed by atoms with Crippen molar-refractivity contribution in [2.45, 2.75) is 62.3 Å². The third-order valence-electron chi connectivity index (χ3n) is 9.29. The van der Waals surface area contributed by atoms with Gasteiger partial charge in [-0.2, -0.15) is 10.4 Å². The normalized spacial score (nSPS) is 20.2. The summed E-state index contributed by atoms with van der Waals surface area (Å²) >= 11 is 1.79. The predicted octanol–water partition coefficient (Wildman–Crippen LogP) is 4.38. The fraction of sp³-hybridized carbons (Fsp3) is 0.515. The number of aryl methyl sites for hydroxylation is 1. The number of aromatic nitrogens is 2. The van der Waals surface area contributed by atoms with Crippen molar-refractivity contribution in [3.05, 3.63) is 53.1 Å². The Morgan fingerprint density at radius 1 is 1.07 bits per heavy atom. The van der Waals surface area contributed by atoms with Gasteiger partial charge in [-0.05, 0) is 110 Å². The van der Waals surface area contributed by atoms with Crippen molar-refractivity contribution in [3.8, 4) is 6.07 Å². The van der Waals surface area contributed by atoms with Gasteiger partial charge in [0.15, 0.2) is 5.82 Å². The second-order valence-electron chi connectivity index (χ2n) is 12.7. The lowest BCUT2D eigenvalue weighted by molar-refractivity contribution is -0.120. The molecule has 3 amide bonds. The van der Waals surface area contributed by atoms with Crippen molar-refractivity contribution in [2.24, 2.45) is 18.7 Å². The smallest absolute Gasteiger partial charge is 0.328 e. The highest BCUT2D eigenvalue weighted by molar-refractivity contribution is 7.97. The fourth-order valence-corrected chi connectivity index (χ4v) is 7.84. The number of likely N-dealkylation sites (tertiary alicyclic amines) is 1. The molecule has 0 spiro atoms. The minimum absolute atomic E-state index is 0.246. The number of fused-ring (bicyclic) bond motifs is 1. The van der Waals surface area contributed by atoms with E-state index in [0.717, 1.165) is 86.9 Å². The molecular formula is C33H42N8O2S. The van der Waals surface area contributed by atoms with Crippen LogP contribution in [0.3, 0.4) is 0 Å². The molecular weight excluding hydrogens is 572 g/mol. The summed E-state index contributed by atoms with van der Waals surface area (Å²) in [5.41, 5.74) is 10.3. The van der Waals surface area contributed by atoms with Crippen molar-refractivity contribution in [3.63, 3.8) is 0 Å². The predicted molar refractivity (Wildman–Crippen MR) is 173 cm³/mol. The largest absolute Gasteiger partial charge is 0.329 e. The number of hydrogen-bond donors (Lipinski definition) is 2. The van der Waals surface area contributed by atoms with E-state index in [2.05, 4.69) is 62.9 Å². The van der Waals surface area contributed by atoms with E-state index in [4.69, 9.17) is 5.73 Å². The Balaban J connectivity index is 1.04. The van der Waals surface area contributed by atoms with Crippen LogP contribution in [0.4, 0.5) is 10.6 Å². The first-order valence-electron chi connectivity index (χ1n) is 15.8. The summed E-state index contributed by atoms with van der Waals surface area (Å²) in [6, 6.07) is 15.1. The lowest BCUT2D eigenvalue weighted by Crippen LogP contribution is -2.49. The van der Waals surface area contributed by atoms with Gasteiger partial charge in [0.25, 0.3) is 0 Å². The van der Waals surface area contributed by atoms with Crippen LogP contribution in [0.25, 0.3) is 10.9 Å². The Labute approximate surface area is 263 Å². The van der Waals surface area contributed by atoms with Gasteiger partial charge in [0, 0.05) is 56.0 Å². The van der Waals surface area contributed by atoms with Gasteiger partial charge in [-0.25, -0.2) is 9.10 Å².